The van der Waals surface area contributed by atoms with E-state index in [1.54, 1.807) is 0 Å². The molecule has 1 aliphatic rings. The van der Waals surface area contributed by atoms with Crippen molar-refractivity contribution in [2.24, 2.45) is 0 Å². The summed E-state index contributed by atoms with van der Waals surface area (Å²) in [5.74, 6) is 0. The van der Waals surface area contributed by atoms with Gasteiger partial charge in [-0.3, -0.25) is 9.78 Å². The molecule has 100 valence electrons. The van der Waals surface area contributed by atoms with Crippen molar-refractivity contribution < 1.29 is 8.42 Å². The maximum Gasteiger partial charge on any atom is 0.325 e. The maximum atomic E-state index is 12.2. The molecule has 1 unspecified atom stereocenters. The second-order valence-corrected chi connectivity index (χ2v) is 6.07. The summed E-state index contributed by atoms with van der Waals surface area (Å²) in [7, 11) is -2.46. The zero-order chi connectivity index (χ0) is 13.3. The number of H-pyrrole nitrogens is 2. The zero-order valence-corrected chi connectivity index (χ0v) is 10.6. The molecular weight excluding hydrogens is 260 g/mol. The molecule has 1 aromatic rings. The smallest absolute Gasteiger partial charge is 0.315 e. The number of sulfonamides is 1. The third-order valence-electron chi connectivity index (χ3n) is 2.99. The van der Waals surface area contributed by atoms with Crippen molar-refractivity contribution >= 4 is 10.0 Å². The molecule has 0 radical (unpaired) electrons. The molecule has 0 saturated carbocycles. The average Bonchev–Trinajstić information content (AvgIpc) is 2.80. The predicted molar refractivity (Wildman–Crippen MR) is 63.9 cm³/mol. The van der Waals surface area contributed by atoms with E-state index in [-0.39, 0.29) is 6.04 Å². The molecule has 1 aromatic heterocycles. The lowest BCUT2D eigenvalue weighted by Gasteiger charge is -2.22. The molecule has 0 aromatic carbocycles. The number of hydrogen-bond donors (Lipinski definition) is 3. The minimum absolute atomic E-state index is 0.179. The number of aromatic amines is 2. The Balaban J connectivity index is 2.41. The first-order chi connectivity index (χ1) is 8.43. The largest absolute Gasteiger partial charge is 0.325 e. The van der Waals surface area contributed by atoms with E-state index < -0.39 is 26.2 Å². The highest BCUT2D eigenvalue weighted by Gasteiger charge is 2.31. The Kier molecular flexibility index (Phi) is 3.37. The average molecular weight is 274 g/mol. The number of rotatable bonds is 3. The molecule has 0 amide bonds. The summed E-state index contributed by atoms with van der Waals surface area (Å²) < 4.78 is 25.6. The topological polar surface area (TPSA) is 115 Å². The van der Waals surface area contributed by atoms with Crippen molar-refractivity contribution in [2.45, 2.75) is 17.4 Å². The van der Waals surface area contributed by atoms with Crippen molar-refractivity contribution in [3.8, 4) is 0 Å². The Bertz CT molecular complexity index is 641. The molecular formula is C9H14N4O4S. The minimum Gasteiger partial charge on any atom is -0.315 e. The van der Waals surface area contributed by atoms with Gasteiger partial charge >= 0.3 is 5.69 Å². The van der Waals surface area contributed by atoms with Crippen LogP contribution in [0.3, 0.4) is 0 Å². The van der Waals surface area contributed by atoms with E-state index in [0.29, 0.717) is 13.0 Å². The van der Waals surface area contributed by atoms with E-state index >= 15 is 0 Å². The monoisotopic (exact) mass is 274 g/mol. The van der Waals surface area contributed by atoms with Crippen LogP contribution in [0.1, 0.15) is 6.42 Å². The van der Waals surface area contributed by atoms with Crippen LogP contribution in [-0.2, 0) is 10.0 Å². The van der Waals surface area contributed by atoms with Crippen LogP contribution < -0.4 is 16.6 Å². The quantitative estimate of drug-likeness (QED) is 0.592. The fraction of sp³-hybridized carbons (Fsp3) is 0.556. The number of likely N-dealkylation sites (N-methyl/N-ethyl adjacent to an activating group) is 1. The Hall–Kier alpha value is -1.45. The highest BCUT2D eigenvalue weighted by Crippen LogP contribution is 2.15. The number of aromatic nitrogens is 2. The van der Waals surface area contributed by atoms with Gasteiger partial charge < -0.3 is 10.3 Å². The first kappa shape index (κ1) is 13.0. The number of nitrogens with zero attached hydrogens (tertiary/aromatic N) is 1. The van der Waals surface area contributed by atoms with Crippen molar-refractivity contribution in [1.82, 2.24) is 19.6 Å². The molecule has 0 bridgehead atoms. The molecule has 18 heavy (non-hydrogen) atoms. The first-order valence-corrected chi connectivity index (χ1v) is 6.87. The van der Waals surface area contributed by atoms with Crippen LogP contribution >= 0.6 is 0 Å². The highest BCUT2D eigenvalue weighted by atomic mass is 32.2. The lowest BCUT2D eigenvalue weighted by atomic mass is 10.3. The summed E-state index contributed by atoms with van der Waals surface area (Å²) in [6.07, 6.45) is 1.62. The van der Waals surface area contributed by atoms with Gasteiger partial charge in [-0.1, -0.05) is 0 Å². The van der Waals surface area contributed by atoms with Crippen LogP contribution in [0.4, 0.5) is 0 Å². The zero-order valence-electron chi connectivity index (χ0n) is 9.76. The van der Waals surface area contributed by atoms with Crippen LogP contribution in [0.15, 0.2) is 20.7 Å². The van der Waals surface area contributed by atoms with Gasteiger partial charge in [0, 0.05) is 25.8 Å². The first-order valence-electron chi connectivity index (χ1n) is 5.43. The third-order valence-corrected chi connectivity index (χ3v) is 4.91. The normalized spacial score (nSPS) is 20.4. The van der Waals surface area contributed by atoms with E-state index in [0.717, 1.165) is 17.0 Å². The molecule has 0 spiro atoms. The second-order valence-electron chi connectivity index (χ2n) is 4.10. The van der Waals surface area contributed by atoms with Gasteiger partial charge in [0.15, 0.2) is 4.90 Å². The summed E-state index contributed by atoms with van der Waals surface area (Å²) in [6.45, 7) is 1.30. The van der Waals surface area contributed by atoms with Gasteiger partial charge in [-0.2, -0.15) is 4.31 Å². The molecule has 0 aliphatic carbocycles. The van der Waals surface area contributed by atoms with Gasteiger partial charge in [0.05, 0.1) is 0 Å². The molecule has 2 rings (SSSR count). The van der Waals surface area contributed by atoms with Gasteiger partial charge in [-0.15, -0.1) is 0 Å². The fourth-order valence-corrected chi connectivity index (χ4v) is 3.27. The van der Waals surface area contributed by atoms with Gasteiger partial charge in [0.1, 0.15) is 0 Å². The van der Waals surface area contributed by atoms with E-state index in [4.69, 9.17) is 0 Å². The molecule has 9 heteroatoms. The van der Waals surface area contributed by atoms with Gasteiger partial charge in [-0.25, -0.2) is 13.2 Å². The van der Waals surface area contributed by atoms with Gasteiger partial charge in [0.2, 0.25) is 10.0 Å². The molecule has 8 nitrogen and oxygen atoms in total. The molecule has 1 aliphatic heterocycles. The standard InChI is InChI=1S/C9H14N4O4S/c1-13(6-2-3-10-4-6)18(16,17)7-5-11-9(15)12-8(7)14/h5-6,10H,2-4H2,1H3,(H2,11,12,14,15). The van der Waals surface area contributed by atoms with Crippen LogP contribution in [0.5, 0.6) is 0 Å². The molecule has 1 fully saturated rings. The second kappa shape index (κ2) is 4.67. The van der Waals surface area contributed by atoms with E-state index in [1.165, 1.54) is 7.05 Å². The Morgan fingerprint density at radius 3 is 2.67 bits per heavy atom. The Morgan fingerprint density at radius 2 is 2.11 bits per heavy atom. The fourth-order valence-electron chi connectivity index (χ4n) is 1.89. The van der Waals surface area contributed by atoms with Crippen molar-refractivity contribution in [2.75, 3.05) is 20.1 Å². The Labute approximate surface area is 103 Å². The number of hydrogen-bond acceptors (Lipinski definition) is 5. The minimum atomic E-state index is -3.89. The van der Waals surface area contributed by atoms with E-state index in [2.05, 4.69) is 10.3 Å². The lowest BCUT2D eigenvalue weighted by Crippen LogP contribution is -2.41. The van der Waals surface area contributed by atoms with Crippen molar-refractivity contribution in [1.29, 1.82) is 0 Å². The summed E-state index contributed by atoms with van der Waals surface area (Å²) >= 11 is 0. The molecule has 1 atom stereocenters. The summed E-state index contributed by atoms with van der Waals surface area (Å²) in [5.41, 5.74) is -1.64. The summed E-state index contributed by atoms with van der Waals surface area (Å²) in [4.78, 5) is 26.0. The van der Waals surface area contributed by atoms with Gasteiger partial charge in [0.25, 0.3) is 5.56 Å². The van der Waals surface area contributed by atoms with Crippen LogP contribution in [-0.4, -0.2) is 48.9 Å². The lowest BCUT2D eigenvalue weighted by molar-refractivity contribution is 0.387. The summed E-state index contributed by atoms with van der Waals surface area (Å²) in [6, 6.07) is -0.179. The highest BCUT2D eigenvalue weighted by molar-refractivity contribution is 7.89. The molecule has 1 saturated heterocycles. The van der Waals surface area contributed by atoms with E-state index in [9.17, 15) is 18.0 Å². The number of nitrogens with one attached hydrogen (secondary N) is 3. The summed E-state index contributed by atoms with van der Waals surface area (Å²) in [5, 5.41) is 3.05. The third kappa shape index (κ3) is 2.24. The maximum absolute atomic E-state index is 12.2. The van der Waals surface area contributed by atoms with Crippen molar-refractivity contribution in [3.63, 3.8) is 0 Å². The van der Waals surface area contributed by atoms with Gasteiger partial charge in [-0.05, 0) is 13.0 Å². The van der Waals surface area contributed by atoms with Crippen LogP contribution in [0.25, 0.3) is 0 Å². The molecule has 3 N–H and O–H groups in total. The van der Waals surface area contributed by atoms with Crippen LogP contribution in [0, 0.1) is 0 Å². The molecule has 2 heterocycles. The van der Waals surface area contributed by atoms with Crippen molar-refractivity contribution in [3.05, 3.63) is 27.0 Å². The predicted octanol–water partition coefficient (Wildman–Crippen LogP) is -1.95. The SMILES string of the molecule is CN(C1CCNC1)S(=O)(=O)c1c[nH]c(=O)[nH]c1=O. The Morgan fingerprint density at radius 1 is 1.39 bits per heavy atom. The van der Waals surface area contributed by atoms with Crippen LogP contribution in [0.2, 0.25) is 0 Å². The van der Waals surface area contributed by atoms with E-state index in [1.807, 2.05) is 4.98 Å².